The first-order valence-electron chi connectivity index (χ1n) is 8.00. The van der Waals surface area contributed by atoms with Gasteiger partial charge in [0.2, 0.25) is 11.6 Å². The normalized spacial score (nSPS) is 22.5. The number of carbonyl (C=O) groups is 1. The molecule has 130 valence electrons. The molecule has 1 aliphatic heterocycles. The second-order valence-electron chi connectivity index (χ2n) is 5.87. The molecule has 1 aromatic carbocycles. The van der Waals surface area contributed by atoms with Crippen LogP contribution in [0.2, 0.25) is 0 Å². The van der Waals surface area contributed by atoms with Crippen molar-refractivity contribution in [3.8, 4) is 11.6 Å². The van der Waals surface area contributed by atoms with Crippen molar-refractivity contribution >= 4 is 22.4 Å². The monoisotopic (exact) mass is 343 g/mol. The molecule has 1 N–H and O–H groups in total. The van der Waals surface area contributed by atoms with Crippen molar-refractivity contribution in [1.82, 2.24) is 10.3 Å². The second kappa shape index (κ2) is 6.93. The number of hydrogen-bond donors (Lipinski definition) is 1. The lowest BCUT2D eigenvalue weighted by Crippen LogP contribution is -2.34. The Labute approximate surface area is 144 Å². The number of hydrogen-bond acceptors (Lipinski definition) is 4. The van der Waals surface area contributed by atoms with Crippen LogP contribution in [0.25, 0.3) is 15.6 Å². The summed E-state index contributed by atoms with van der Waals surface area (Å²) in [5.41, 5.74) is 0.404. The van der Waals surface area contributed by atoms with E-state index in [9.17, 15) is 9.18 Å². The molecule has 3 rings (SSSR count). The molecule has 25 heavy (non-hydrogen) atoms. The summed E-state index contributed by atoms with van der Waals surface area (Å²) in [6.07, 6.45) is 0.625. The third-order valence-electron chi connectivity index (χ3n) is 4.49. The molecule has 1 amide bonds. The lowest BCUT2D eigenvalue weighted by atomic mass is 9.97. The molecule has 1 saturated heterocycles. The number of carbonyl (C=O) groups excluding carboxylic acids is 1. The van der Waals surface area contributed by atoms with Gasteiger partial charge in [0.05, 0.1) is 19.7 Å². The van der Waals surface area contributed by atoms with E-state index in [1.54, 1.807) is 24.4 Å². The summed E-state index contributed by atoms with van der Waals surface area (Å²) >= 11 is 0. The van der Waals surface area contributed by atoms with Crippen LogP contribution in [-0.4, -0.2) is 36.8 Å². The van der Waals surface area contributed by atoms with Crippen molar-refractivity contribution in [3.05, 3.63) is 35.8 Å². The fourth-order valence-electron chi connectivity index (χ4n) is 3.12. The molecule has 1 aromatic heterocycles. The molecule has 0 saturated carbocycles. The maximum Gasteiger partial charge on any atom is 0.255 e. The Hall–Kier alpha value is -2.88. The van der Waals surface area contributed by atoms with Crippen molar-refractivity contribution in [2.45, 2.75) is 25.6 Å². The zero-order chi connectivity index (χ0) is 18.0. The summed E-state index contributed by atoms with van der Waals surface area (Å²) in [5, 5.41) is 4.12. The summed E-state index contributed by atoms with van der Waals surface area (Å²) in [6, 6.07) is 4.79. The van der Waals surface area contributed by atoms with Crippen LogP contribution < -0.4 is 14.8 Å². The van der Waals surface area contributed by atoms with Crippen LogP contribution in [0.3, 0.4) is 0 Å². The van der Waals surface area contributed by atoms with Crippen LogP contribution in [0, 0.1) is 12.5 Å². The zero-order valence-corrected chi connectivity index (χ0v) is 14.0. The summed E-state index contributed by atoms with van der Waals surface area (Å²) in [6.45, 7) is 9.19. The minimum absolute atomic E-state index is 0.129. The molecule has 6 nitrogen and oxygen atoms in total. The average molecular weight is 343 g/mol. The van der Waals surface area contributed by atoms with Gasteiger partial charge in [-0.05, 0) is 30.0 Å². The first-order chi connectivity index (χ1) is 12.1. The van der Waals surface area contributed by atoms with Crippen molar-refractivity contribution in [2.24, 2.45) is 5.92 Å². The van der Waals surface area contributed by atoms with Crippen molar-refractivity contribution in [3.63, 3.8) is 0 Å². The van der Waals surface area contributed by atoms with E-state index in [0.717, 1.165) is 5.39 Å². The maximum absolute atomic E-state index is 13.9. The molecular formula is C18H18FN3O3. The Kier molecular flexibility index (Phi) is 4.70. The number of pyridine rings is 1. The maximum atomic E-state index is 13.9. The van der Waals surface area contributed by atoms with Crippen LogP contribution in [0.5, 0.6) is 11.6 Å². The number of rotatable bonds is 5. The van der Waals surface area contributed by atoms with Gasteiger partial charge in [0, 0.05) is 17.5 Å². The first-order valence-corrected chi connectivity index (χ1v) is 8.00. The third kappa shape index (κ3) is 3.07. The van der Waals surface area contributed by atoms with E-state index in [0.29, 0.717) is 29.1 Å². The van der Waals surface area contributed by atoms with Crippen LogP contribution in [0.4, 0.5) is 10.1 Å². The summed E-state index contributed by atoms with van der Waals surface area (Å²) in [4.78, 5) is 19.2. The van der Waals surface area contributed by atoms with E-state index in [1.807, 2.05) is 6.92 Å². The Morgan fingerprint density at radius 2 is 2.24 bits per heavy atom. The molecule has 7 heteroatoms. The van der Waals surface area contributed by atoms with Crippen LogP contribution in [0.15, 0.2) is 24.4 Å². The number of nitrogens with one attached hydrogen (secondary N) is 1. The molecule has 1 aliphatic rings. The van der Waals surface area contributed by atoms with E-state index in [-0.39, 0.29) is 6.61 Å². The zero-order valence-electron chi connectivity index (χ0n) is 14.0. The summed E-state index contributed by atoms with van der Waals surface area (Å²) in [7, 11) is 1.49. The minimum atomic E-state index is -1.50. The van der Waals surface area contributed by atoms with E-state index >= 15 is 0 Å². The van der Waals surface area contributed by atoms with Crippen molar-refractivity contribution in [2.75, 3.05) is 13.7 Å². The van der Waals surface area contributed by atoms with Crippen molar-refractivity contribution in [1.29, 1.82) is 0 Å². The van der Waals surface area contributed by atoms with Gasteiger partial charge >= 0.3 is 0 Å². The first kappa shape index (κ1) is 17.0. The van der Waals surface area contributed by atoms with Crippen LogP contribution in [0.1, 0.15) is 13.3 Å². The number of benzene rings is 1. The lowest BCUT2D eigenvalue weighted by Gasteiger charge is -2.18. The van der Waals surface area contributed by atoms with Gasteiger partial charge < -0.3 is 14.8 Å². The Balaban J connectivity index is 1.87. The number of alkyl halides is 1. The van der Waals surface area contributed by atoms with E-state index < -0.39 is 24.0 Å². The number of fused-ring (bicyclic) bond motifs is 1. The smallest absolute Gasteiger partial charge is 0.255 e. The van der Waals surface area contributed by atoms with Crippen LogP contribution in [-0.2, 0) is 4.79 Å². The Morgan fingerprint density at radius 1 is 1.44 bits per heavy atom. The third-order valence-corrected chi connectivity index (χ3v) is 4.49. The molecule has 0 aliphatic carbocycles. The molecule has 3 atom stereocenters. The van der Waals surface area contributed by atoms with E-state index in [1.165, 1.54) is 7.11 Å². The fourth-order valence-corrected chi connectivity index (χ4v) is 3.12. The highest BCUT2D eigenvalue weighted by atomic mass is 19.1. The number of halogens is 1. The topological polar surface area (TPSA) is 64.8 Å². The molecule has 2 heterocycles. The molecule has 0 bridgehead atoms. The van der Waals surface area contributed by atoms with Gasteiger partial charge in [-0.2, -0.15) is 0 Å². The van der Waals surface area contributed by atoms with E-state index in [2.05, 4.69) is 15.1 Å². The number of aromatic nitrogens is 1. The fraction of sp³-hybridized carbons (Fsp3) is 0.389. The average Bonchev–Trinajstić information content (AvgIpc) is 2.91. The highest BCUT2D eigenvalue weighted by Gasteiger charge is 2.41. The van der Waals surface area contributed by atoms with Gasteiger partial charge in [0.25, 0.3) is 5.91 Å². The molecule has 1 fully saturated rings. The van der Waals surface area contributed by atoms with Gasteiger partial charge in [-0.1, -0.05) is 6.92 Å². The SMILES string of the molecule is [C-]#[N+]c1cc2ccnc(OC[C@H]3NC(=O)[C@@H](F)[C@H]3CC)c2cc1OC. The Bertz CT molecular complexity index is 849. The summed E-state index contributed by atoms with van der Waals surface area (Å²) < 4.78 is 24.9. The predicted octanol–water partition coefficient (Wildman–Crippen LogP) is 3.04. The molecule has 0 unspecified atom stereocenters. The van der Waals surface area contributed by atoms with Gasteiger partial charge in [-0.15, -0.1) is 0 Å². The molecular weight excluding hydrogens is 325 g/mol. The quantitative estimate of drug-likeness (QED) is 0.848. The van der Waals surface area contributed by atoms with Gasteiger partial charge in [0.15, 0.2) is 6.17 Å². The highest BCUT2D eigenvalue weighted by Crippen LogP contribution is 2.36. The second-order valence-corrected chi connectivity index (χ2v) is 5.87. The highest BCUT2D eigenvalue weighted by molar-refractivity contribution is 5.92. The number of nitrogens with zero attached hydrogens (tertiary/aromatic N) is 2. The predicted molar refractivity (Wildman–Crippen MR) is 90.7 cm³/mol. The Morgan fingerprint density at radius 3 is 2.92 bits per heavy atom. The molecule has 2 aromatic rings. The minimum Gasteiger partial charge on any atom is -0.508 e. The van der Waals surface area contributed by atoms with Gasteiger partial charge in [0.1, 0.15) is 12.4 Å². The van der Waals surface area contributed by atoms with E-state index in [4.69, 9.17) is 16.0 Å². The standard InChI is InChI=1S/C18H18FN3O3/c1-4-11-14(22-17(23)16(11)19)9-25-18-12-8-15(24-3)13(20-2)7-10(12)5-6-21-18/h5-8,11,14,16H,4,9H2,1,3H3,(H,22,23)/t11-,14+,16-/m0/s1. The van der Waals surface area contributed by atoms with Crippen LogP contribution >= 0.6 is 0 Å². The summed E-state index contributed by atoms with van der Waals surface area (Å²) in [5.74, 6) is -0.205. The number of amides is 1. The lowest BCUT2D eigenvalue weighted by molar-refractivity contribution is -0.123. The molecule has 0 spiro atoms. The molecule has 0 radical (unpaired) electrons. The van der Waals surface area contributed by atoms with Gasteiger partial charge in [-0.25, -0.2) is 14.2 Å². The number of methoxy groups -OCH3 is 1. The van der Waals surface area contributed by atoms with Crippen molar-refractivity contribution < 1.29 is 18.7 Å². The largest absolute Gasteiger partial charge is 0.508 e. The van der Waals surface area contributed by atoms with Gasteiger partial charge in [-0.3, -0.25) is 4.79 Å². The number of ether oxygens (including phenoxy) is 2.